The number of pyridine rings is 1. The van der Waals surface area contributed by atoms with Gasteiger partial charge in [-0.3, -0.25) is 0 Å². The molecule has 0 saturated heterocycles. The molecule has 1 aromatic heterocycles. The van der Waals surface area contributed by atoms with Gasteiger partial charge in [0.25, 0.3) is 0 Å². The summed E-state index contributed by atoms with van der Waals surface area (Å²) in [6, 6.07) is 13.5. The quantitative estimate of drug-likeness (QED) is 0.723. The summed E-state index contributed by atoms with van der Waals surface area (Å²) in [6.07, 6.45) is 7.41. The molecule has 0 amide bonds. The molecule has 0 saturated carbocycles. The van der Waals surface area contributed by atoms with Gasteiger partial charge in [0.2, 0.25) is 6.20 Å². The van der Waals surface area contributed by atoms with Gasteiger partial charge in [-0.25, -0.2) is 0 Å². The molecular formula is C13H12BrNO. The van der Waals surface area contributed by atoms with Crippen LogP contribution in [0.4, 0.5) is 0 Å². The van der Waals surface area contributed by atoms with E-state index < -0.39 is 0 Å². The van der Waals surface area contributed by atoms with Crippen molar-refractivity contribution in [2.24, 2.45) is 0 Å². The van der Waals surface area contributed by atoms with Crippen molar-refractivity contribution in [2.75, 3.05) is 0 Å². The Kier molecular flexibility index (Phi) is 4.73. The summed E-state index contributed by atoms with van der Waals surface area (Å²) in [5.74, 6) is 0.259. The Hall–Kier alpha value is -1.61. The Labute approximate surface area is 105 Å². The molecule has 0 aliphatic heterocycles. The van der Waals surface area contributed by atoms with Crippen molar-refractivity contribution >= 4 is 12.3 Å². The number of halogens is 1. The number of hydrogen-bond donors (Lipinski definition) is 1. The van der Waals surface area contributed by atoms with E-state index >= 15 is 0 Å². The number of rotatable bonds is 2. The maximum Gasteiger partial charge on any atom is 0.216 e. The number of benzene rings is 1. The van der Waals surface area contributed by atoms with Crippen LogP contribution in [-0.4, -0.2) is 5.11 Å². The van der Waals surface area contributed by atoms with Crippen LogP contribution >= 0.6 is 0 Å². The first-order chi connectivity index (χ1) is 7.34. The van der Waals surface area contributed by atoms with Gasteiger partial charge in [0.05, 0.1) is 0 Å². The second-order valence-corrected chi connectivity index (χ2v) is 3.24. The highest BCUT2D eigenvalue weighted by Gasteiger charge is 1.95. The minimum Gasteiger partial charge on any atom is -1.00 e. The lowest BCUT2D eigenvalue weighted by molar-refractivity contribution is -0.567. The van der Waals surface area contributed by atoms with Crippen LogP contribution < -0.4 is 21.5 Å². The summed E-state index contributed by atoms with van der Waals surface area (Å²) in [5.41, 5.74) is 1.13. The molecule has 1 aromatic carbocycles. The van der Waals surface area contributed by atoms with Gasteiger partial charge < -0.3 is 22.1 Å². The third-order valence-corrected chi connectivity index (χ3v) is 2.05. The number of nitrogens with zero attached hydrogens (tertiary/aromatic N) is 1. The summed E-state index contributed by atoms with van der Waals surface area (Å²) < 4.78 is 1.81. The first-order valence-corrected chi connectivity index (χ1v) is 4.77. The van der Waals surface area contributed by atoms with Crippen LogP contribution in [0.5, 0.6) is 5.75 Å². The summed E-state index contributed by atoms with van der Waals surface area (Å²) >= 11 is 0. The molecular weight excluding hydrogens is 266 g/mol. The third kappa shape index (κ3) is 3.51. The number of hydrogen-bond acceptors (Lipinski definition) is 1. The maximum atomic E-state index is 9.26. The Morgan fingerprint density at radius 2 is 1.75 bits per heavy atom. The first-order valence-electron chi connectivity index (χ1n) is 4.77. The zero-order valence-corrected chi connectivity index (χ0v) is 10.2. The monoisotopic (exact) mass is 277 g/mol. The molecule has 0 radical (unpaired) electrons. The van der Waals surface area contributed by atoms with Crippen LogP contribution in [0.2, 0.25) is 0 Å². The molecule has 0 aliphatic rings. The van der Waals surface area contributed by atoms with Gasteiger partial charge in [0, 0.05) is 12.1 Å². The summed E-state index contributed by atoms with van der Waals surface area (Å²) in [4.78, 5) is 0. The first kappa shape index (κ1) is 12.5. The Morgan fingerprint density at radius 1 is 1.00 bits per heavy atom. The zero-order valence-electron chi connectivity index (χ0n) is 8.62. The van der Waals surface area contributed by atoms with Crippen molar-refractivity contribution in [2.45, 2.75) is 0 Å². The third-order valence-electron chi connectivity index (χ3n) is 2.05. The molecule has 2 aromatic rings. The van der Waals surface area contributed by atoms with Gasteiger partial charge >= 0.3 is 0 Å². The average molecular weight is 278 g/mol. The van der Waals surface area contributed by atoms with E-state index in [9.17, 15) is 5.11 Å². The Bertz CT molecular complexity index is 468. The maximum absolute atomic E-state index is 9.26. The van der Waals surface area contributed by atoms with Crippen molar-refractivity contribution in [3.05, 3.63) is 60.4 Å². The molecule has 3 heteroatoms. The molecule has 0 fully saturated rings. The van der Waals surface area contributed by atoms with Crippen molar-refractivity contribution in [1.29, 1.82) is 0 Å². The van der Waals surface area contributed by atoms with Gasteiger partial charge in [-0.2, -0.15) is 4.57 Å². The summed E-state index contributed by atoms with van der Waals surface area (Å²) in [7, 11) is 0. The van der Waals surface area contributed by atoms with Crippen molar-refractivity contribution in [3.8, 4) is 5.75 Å². The van der Waals surface area contributed by atoms with Gasteiger partial charge in [-0.05, 0) is 11.6 Å². The molecule has 82 valence electrons. The predicted molar refractivity (Wildman–Crippen MR) is 60.0 cm³/mol. The topological polar surface area (TPSA) is 24.1 Å². The molecule has 0 unspecified atom stereocenters. The smallest absolute Gasteiger partial charge is 0.216 e. The molecule has 16 heavy (non-hydrogen) atoms. The zero-order chi connectivity index (χ0) is 10.5. The SMILES string of the molecule is Oc1ccc[n+](/C=C\c2ccccc2)c1.[Br-]. The van der Waals surface area contributed by atoms with Crippen LogP contribution in [0, 0.1) is 0 Å². The molecule has 2 rings (SSSR count). The fourth-order valence-electron chi connectivity index (χ4n) is 1.31. The van der Waals surface area contributed by atoms with Gasteiger partial charge in [0.15, 0.2) is 18.1 Å². The molecule has 1 heterocycles. The second kappa shape index (κ2) is 6.08. The molecule has 0 atom stereocenters. The predicted octanol–water partition coefficient (Wildman–Crippen LogP) is -0.688. The van der Waals surface area contributed by atoms with Crippen LogP contribution in [0.1, 0.15) is 5.56 Å². The summed E-state index contributed by atoms with van der Waals surface area (Å²) in [6.45, 7) is 0. The average Bonchev–Trinajstić information content (AvgIpc) is 2.28. The van der Waals surface area contributed by atoms with E-state index in [-0.39, 0.29) is 22.7 Å². The van der Waals surface area contributed by atoms with Crippen LogP contribution in [-0.2, 0) is 0 Å². The normalized spacial score (nSPS) is 10.0. The summed E-state index contributed by atoms with van der Waals surface area (Å²) in [5, 5.41) is 9.26. The fraction of sp³-hybridized carbons (Fsp3) is 0. The minimum atomic E-state index is 0. The van der Waals surface area contributed by atoms with E-state index in [1.807, 2.05) is 53.4 Å². The largest absolute Gasteiger partial charge is 1.00 e. The van der Waals surface area contributed by atoms with E-state index in [0.29, 0.717) is 0 Å². The lowest BCUT2D eigenvalue weighted by atomic mass is 10.2. The molecule has 1 N–H and O–H groups in total. The van der Waals surface area contributed by atoms with E-state index in [0.717, 1.165) is 5.56 Å². The van der Waals surface area contributed by atoms with Crippen molar-refractivity contribution in [3.63, 3.8) is 0 Å². The minimum absolute atomic E-state index is 0. The highest BCUT2D eigenvalue weighted by molar-refractivity contribution is 5.56. The van der Waals surface area contributed by atoms with E-state index in [1.165, 1.54) is 0 Å². The van der Waals surface area contributed by atoms with E-state index in [2.05, 4.69) is 0 Å². The molecule has 0 spiro atoms. The van der Waals surface area contributed by atoms with Crippen LogP contribution in [0.3, 0.4) is 0 Å². The van der Waals surface area contributed by atoms with Crippen molar-refractivity contribution < 1.29 is 26.7 Å². The number of aromatic nitrogens is 1. The van der Waals surface area contributed by atoms with Gasteiger partial charge in [-0.1, -0.05) is 30.3 Å². The lowest BCUT2D eigenvalue weighted by Crippen LogP contribution is -3.00. The highest BCUT2D eigenvalue weighted by Crippen LogP contribution is 2.02. The van der Waals surface area contributed by atoms with Crippen LogP contribution in [0.25, 0.3) is 12.3 Å². The second-order valence-electron chi connectivity index (χ2n) is 3.24. The number of aromatic hydroxyl groups is 1. The standard InChI is InChI=1S/C13H11NO.BrH/c15-13-7-4-9-14(11-13)10-8-12-5-2-1-3-6-12;/h1-11H;1H/b10-8-;. The van der Waals surface area contributed by atoms with Gasteiger partial charge in [0.1, 0.15) is 0 Å². The highest BCUT2D eigenvalue weighted by atomic mass is 79.9. The molecule has 0 aliphatic carbocycles. The fourth-order valence-corrected chi connectivity index (χ4v) is 1.31. The Balaban J connectivity index is 0.00000128. The molecule has 0 bridgehead atoms. The molecule has 2 nitrogen and oxygen atoms in total. The van der Waals surface area contributed by atoms with E-state index in [1.54, 1.807) is 18.3 Å². The van der Waals surface area contributed by atoms with Crippen molar-refractivity contribution in [1.82, 2.24) is 0 Å². The van der Waals surface area contributed by atoms with Gasteiger partial charge in [-0.15, -0.1) is 0 Å². The Morgan fingerprint density at radius 3 is 2.44 bits per heavy atom. The lowest BCUT2D eigenvalue weighted by Gasteiger charge is -1.90. The van der Waals surface area contributed by atoms with Crippen LogP contribution in [0.15, 0.2) is 54.9 Å². The van der Waals surface area contributed by atoms with E-state index in [4.69, 9.17) is 0 Å².